The number of aryl methyl sites for hydroxylation is 2. The highest BCUT2D eigenvalue weighted by atomic mass is 16.1. The molecule has 2 aliphatic rings. The van der Waals surface area contributed by atoms with E-state index in [1.807, 2.05) is 0 Å². The van der Waals surface area contributed by atoms with Crippen LogP contribution in [0.1, 0.15) is 42.5 Å². The molecule has 3 rings (SSSR count). The Balaban J connectivity index is 2.15. The van der Waals surface area contributed by atoms with E-state index in [4.69, 9.17) is 5.73 Å². The molecule has 3 heteroatoms. The SMILES string of the molecule is CC1(C)Cc2cc3c(cc2/C(=C/C(N)=O)N1)CCC3. The van der Waals surface area contributed by atoms with Crippen molar-refractivity contribution in [2.45, 2.75) is 45.1 Å². The summed E-state index contributed by atoms with van der Waals surface area (Å²) in [6, 6.07) is 4.57. The summed E-state index contributed by atoms with van der Waals surface area (Å²) in [7, 11) is 0. The van der Waals surface area contributed by atoms with E-state index in [1.165, 1.54) is 35.6 Å². The predicted octanol–water partition coefficient (Wildman–Crippen LogP) is 1.93. The van der Waals surface area contributed by atoms with Crippen LogP contribution in [-0.2, 0) is 24.1 Å². The molecule has 3 N–H and O–H groups in total. The number of hydrogen-bond donors (Lipinski definition) is 2. The van der Waals surface area contributed by atoms with Gasteiger partial charge < -0.3 is 11.1 Å². The van der Waals surface area contributed by atoms with E-state index >= 15 is 0 Å². The van der Waals surface area contributed by atoms with Gasteiger partial charge in [-0.3, -0.25) is 4.79 Å². The summed E-state index contributed by atoms with van der Waals surface area (Å²) in [5, 5.41) is 3.43. The number of fused-ring (bicyclic) bond motifs is 2. The molecule has 0 saturated heterocycles. The van der Waals surface area contributed by atoms with E-state index in [9.17, 15) is 4.79 Å². The summed E-state index contributed by atoms with van der Waals surface area (Å²) in [6.07, 6.45) is 6.07. The molecule has 3 nitrogen and oxygen atoms in total. The van der Waals surface area contributed by atoms with Crippen molar-refractivity contribution in [2.75, 3.05) is 0 Å². The molecule has 0 aromatic heterocycles. The van der Waals surface area contributed by atoms with Gasteiger partial charge in [0.25, 0.3) is 0 Å². The standard InChI is InChI=1S/C16H20N2O/c1-16(2)9-12-6-10-4-3-5-11(10)7-13(12)14(18-16)8-15(17)19/h6-8,18H,3-5,9H2,1-2H3,(H2,17,19)/b14-8-. The zero-order valence-electron chi connectivity index (χ0n) is 11.5. The lowest BCUT2D eigenvalue weighted by atomic mass is 9.84. The van der Waals surface area contributed by atoms with Gasteiger partial charge in [0.15, 0.2) is 0 Å². The lowest BCUT2D eigenvalue weighted by Crippen LogP contribution is -2.44. The average molecular weight is 256 g/mol. The van der Waals surface area contributed by atoms with E-state index in [0.29, 0.717) is 0 Å². The Hall–Kier alpha value is -1.77. The Morgan fingerprint density at radius 3 is 2.63 bits per heavy atom. The van der Waals surface area contributed by atoms with Crippen LogP contribution in [0.25, 0.3) is 5.70 Å². The van der Waals surface area contributed by atoms with Crippen molar-refractivity contribution < 1.29 is 4.79 Å². The molecule has 0 saturated carbocycles. The minimum absolute atomic E-state index is 0.0406. The third kappa shape index (κ3) is 2.25. The number of nitrogens with two attached hydrogens (primary N) is 1. The van der Waals surface area contributed by atoms with Crippen LogP contribution in [0.3, 0.4) is 0 Å². The van der Waals surface area contributed by atoms with Crippen LogP contribution in [0.2, 0.25) is 0 Å². The van der Waals surface area contributed by atoms with Crippen LogP contribution in [0.5, 0.6) is 0 Å². The fourth-order valence-corrected chi connectivity index (χ4v) is 3.28. The Kier molecular flexibility index (Phi) is 2.66. The maximum Gasteiger partial charge on any atom is 0.243 e. The summed E-state index contributed by atoms with van der Waals surface area (Å²) in [5.74, 6) is -0.397. The van der Waals surface area contributed by atoms with E-state index in [2.05, 4.69) is 31.3 Å². The molecule has 0 spiro atoms. The van der Waals surface area contributed by atoms with E-state index in [-0.39, 0.29) is 5.54 Å². The molecule has 1 amide bonds. The fourth-order valence-electron chi connectivity index (χ4n) is 3.28. The van der Waals surface area contributed by atoms with Gasteiger partial charge in [0.2, 0.25) is 5.91 Å². The minimum atomic E-state index is -0.397. The molecule has 1 aromatic carbocycles. The van der Waals surface area contributed by atoms with Crippen LogP contribution in [0, 0.1) is 0 Å². The largest absolute Gasteiger partial charge is 0.379 e. The van der Waals surface area contributed by atoms with Crippen molar-refractivity contribution in [1.29, 1.82) is 0 Å². The molecule has 1 aliphatic carbocycles. The quantitative estimate of drug-likeness (QED) is 0.754. The second kappa shape index (κ2) is 4.12. The normalized spacial score (nSPS) is 21.7. The van der Waals surface area contributed by atoms with Crippen LogP contribution < -0.4 is 11.1 Å². The highest BCUT2D eigenvalue weighted by Gasteiger charge is 2.29. The van der Waals surface area contributed by atoms with Gasteiger partial charge in [0, 0.05) is 22.9 Å². The van der Waals surface area contributed by atoms with Crippen LogP contribution in [0.4, 0.5) is 0 Å². The predicted molar refractivity (Wildman–Crippen MR) is 76.6 cm³/mol. The van der Waals surface area contributed by atoms with E-state index < -0.39 is 5.91 Å². The van der Waals surface area contributed by atoms with Crippen molar-refractivity contribution in [3.8, 4) is 0 Å². The summed E-state index contributed by atoms with van der Waals surface area (Å²) >= 11 is 0. The molecule has 100 valence electrons. The Morgan fingerprint density at radius 1 is 1.26 bits per heavy atom. The number of carbonyl (C=O) groups is 1. The maximum atomic E-state index is 11.2. The number of benzene rings is 1. The lowest BCUT2D eigenvalue weighted by Gasteiger charge is -2.36. The van der Waals surface area contributed by atoms with Crippen molar-refractivity contribution in [1.82, 2.24) is 5.32 Å². The molecule has 19 heavy (non-hydrogen) atoms. The smallest absolute Gasteiger partial charge is 0.243 e. The van der Waals surface area contributed by atoms with Crippen molar-refractivity contribution in [3.63, 3.8) is 0 Å². The first-order valence-corrected chi connectivity index (χ1v) is 6.89. The number of hydrogen-bond acceptors (Lipinski definition) is 2. The monoisotopic (exact) mass is 256 g/mol. The van der Waals surface area contributed by atoms with E-state index in [1.54, 1.807) is 0 Å². The topological polar surface area (TPSA) is 55.1 Å². The summed E-state index contributed by atoms with van der Waals surface area (Å²) < 4.78 is 0. The van der Waals surface area contributed by atoms with Crippen LogP contribution in [-0.4, -0.2) is 11.4 Å². The van der Waals surface area contributed by atoms with Crippen molar-refractivity contribution in [3.05, 3.63) is 40.5 Å². The maximum absolute atomic E-state index is 11.2. The average Bonchev–Trinajstić information content (AvgIpc) is 2.71. The van der Waals surface area contributed by atoms with Crippen molar-refractivity contribution in [2.24, 2.45) is 5.73 Å². The molecule has 0 unspecified atom stereocenters. The molecule has 1 heterocycles. The zero-order valence-corrected chi connectivity index (χ0v) is 11.5. The molecule has 0 atom stereocenters. The molecule has 1 aromatic rings. The summed E-state index contributed by atoms with van der Waals surface area (Å²) in [5.41, 5.74) is 11.5. The van der Waals surface area contributed by atoms with Gasteiger partial charge in [-0.15, -0.1) is 0 Å². The molecule has 1 aliphatic heterocycles. The van der Waals surface area contributed by atoms with Crippen LogP contribution in [0.15, 0.2) is 18.2 Å². The van der Waals surface area contributed by atoms with Gasteiger partial charge in [-0.2, -0.15) is 0 Å². The first kappa shape index (κ1) is 12.3. The van der Waals surface area contributed by atoms with Gasteiger partial charge >= 0.3 is 0 Å². The number of primary amides is 1. The Labute approximate surface area is 113 Å². The van der Waals surface area contributed by atoms with Crippen molar-refractivity contribution >= 4 is 11.6 Å². The van der Waals surface area contributed by atoms with Gasteiger partial charge in [0.05, 0.1) is 0 Å². The number of nitrogens with one attached hydrogen (secondary N) is 1. The third-order valence-corrected chi connectivity index (χ3v) is 4.00. The van der Waals surface area contributed by atoms with Gasteiger partial charge in [-0.25, -0.2) is 0 Å². The second-order valence-corrected chi connectivity index (χ2v) is 6.28. The first-order valence-electron chi connectivity index (χ1n) is 6.89. The lowest BCUT2D eigenvalue weighted by molar-refractivity contribution is -0.113. The Bertz CT molecular complexity index is 585. The van der Waals surface area contributed by atoms with Crippen LogP contribution >= 0.6 is 0 Å². The molecular weight excluding hydrogens is 236 g/mol. The number of amides is 1. The van der Waals surface area contributed by atoms with Gasteiger partial charge in [-0.05, 0) is 62.3 Å². The van der Waals surface area contributed by atoms with Gasteiger partial charge in [-0.1, -0.05) is 6.07 Å². The minimum Gasteiger partial charge on any atom is -0.379 e. The summed E-state index contributed by atoms with van der Waals surface area (Å²) in [4.78, 5) is 11.2. The fraction of sp³-hybridized carbons (Fsp3) is 0.438. The third-order valence-electron chi connectivity index (χ3n) is 4.00. The second-order valence-electron chi connectivity index (χ2n) is 6.28. The Morgan fingerprint density at radius 2 is 1.95 bits per heavy atom. The highest BCUT2D eigenvalue weighted by molar-refractivity contribution is 5.94. The first-order chi connectivity index (χ1) is 8.94. The van der Waals surface area contributed by atoms with E-state index in [0.717, 1.165) is 24.1 Å². The highest BCUT2D eigenvalue weighted by Crippen LogP contribution is 2.34. The zero-order chi connectivity index (χ0) is 13.6. The molecule has 0 bridgehead atoms. The van der Waals surface area contributed by atoms with Gasteiger partial charge in [0.1, 0.15) is 0 Å². The number of rotatable bonds is 1. The number of carbonyl (C=O) groups excluding carboxylic acids is 1. The molecule has 0 fully saturated rings. The summed E-state index contributed by atoms with van der Waals surface area (Å²) in [6.45, 7) is 4.30. The molecule has 0 radical (unpaired) electrons. The molecular formula is C16H20N2O.